The summed E-state index contributed by atoms with van der Waals surface area (Å²) >= 11 is 0. The highest BCUT2D eigenvalue weighted by Crippen LogP contribution is 2.09. The molecule has 3 nitrogen and oxygen atoms in total. The van der Waals surface area contributed by atoms with Gasteiger partial charge in [-0.2, -0.15) is 0 Å². The highest BCUT2D eigenvalue weighted by atomic mass is 16.2. The van der Waals surface area contributed by atoms with Gasteiger partial charge >= 0.3 is 0 Å². The molecule has 0 fully saturated rings. The van der Waals surface area contributed by atoms with E-state index in [0.29, 0.717) is 6.54 Å². The maximum absolute atomic E-state index is 11.3. The molecule has 72 valence electrons. The Morgan fingerprint density at radius 3 is 1.83 bits per heavy atom. The second-order valence-electron chi connectivity index (χ2n) is 4.32. The van der Waals surface area contributed by atoms with Crippen LogP contribution in [0.3, 0.4) is 0 Å². The van der Waals surface area contributed by atoms with E-state index in [-0.39, 0.29) is 11.4 Å². The molecule has 0 radical (unpaired) electrons. The van der Waals surface area contributed by atoms with Gasteiger partial charge in [-0.3, -0.25) is 9.69 Å². The van der Waals surface area contributed by atoms with Gasteiger partial charge in [0.15, 0.2) is 0 Å². The molecule has 0 heterocycles. The third kappa shape index (κ3) is 3.72. The van der Waals surface area contributed by atoms with E-state index in [1.807, 2.05) is 11.9 Å². The van der Waals surface area contributed by atoms with Crippen molar-refractivity contribution in [3.05, 3.63) is 0 Å². The van der Waals surface area contributed by atoms with Crippen molar-refractivity contribution in [3.63, 3.8) is 0 Å². The van der Waals surface area contributed by atoms with Crippen molar-refractivity contribution in [2.75, 3.05) is 27.7 Å². The van der Waals surface area contributed by atoms with Crippen LogP contribution in [0.15, 0.2) is 0 Å². The van der Waals surface area contributed by atoms with Crippen LogP contribution in [-0.2, 0) is 4.79 Å². The van der Waals surface area contributed by atoms with Crippen LogP contribution in [-0.4, -0.2) is 48.9 Å². The molecule has 0 N–H and O–H groups in total. The van der Waals surface area contributed by atoms with Gasteiger partial charge in [0.2, 0.25) is 5.91 Å². The molecule has 0 aromatic rings. The van der Waals surface area contributed by atoms with Crippen molar-refractivity contribution < 1.29 is 4.79 Å². The fourth-order valence-electron chi connectivity index (χ4n) is 0.581. The summed E-state index contributed by atoms with van der Waals surface area (Å²) in [5, 5.41) is 0. The fourth-order valence-corrected chi connectivity index (χ4v) is 0.581. The second-order valence-corrected chi connectivity index (χ2v) is 4.32. The van der Waals surface area contributed by atoms with Gasteiger partial charge < -0.3 is 4.90 Å². The molecule has 0 rings (SSSR count). The number of carbonyl (C=O) groups excluding carboxylic acids is 1. The molecule has 0 aliphatic rings. The fraction of sp³-hybridized carbons (Fsp3) is 0.889. The van der Waals surface area contributed by atoms with Crippen LogP contribution in [0.4, 0.5) is 0 Å². The smallest absolute Gasteiger partial charge is 0.236 e. The lowest BCUT2D eigenvalue weighted by Crippen LogP contribution is -2.44. The van der Waals surface area contributed by atoms with Crippen LogP contribution in [0.25, 0.3) is 0 Å². The zero-order valence-electron chi connectivity index (χ0n) is 9.01. The number of rotatable bonds is 2. The number of likely N-dealkylation sites (N-methyl/N-ethyl adjacent to an activating group) is 2. The van der Waals surface area contributed by atoms with Crippen LogP contribution in [0.5, 0.6) is 0 Å². The molecule has 0 spiro atoms. The van der Waals surface area contributed by atoms with E-state index in [9.17, 15) is 4.79 Å². The number of amides is 1. The Hall–Kier alpha value is -0.570. The lowest BCUT2D eigenvalue weighted by molar-refractivity contribution is -0.130. The normalized spacial score (nSPS) is 11.9. The van der Waals surface area contributed by atoms with Crippen molar-refractivity contribution in [1.82, 2.24) is 9.80 Å². The topological polar surface area (TPSA) is 23.6 Å². The molecule has 0 aromatic carbocycles. The molecule has 0 atom stereocenters. The minimum Gasteiger partial charge on any atom is -0.348 e. The highest BCUT2D eigenvalue weighted by molar-refractivity contribution is 5.77. The molecule has 0 aliphatic carbocycles. The van der Waals surface area contributed by atoms with Crippen molar-refractivity contribution in [1.29, 1.82) is 0 Å². The van der Waals surface area contributed by atoms with Gasteiger partial charge in [0.25, 0.3) is 0 Å². The first-order valence-electron chi connectivity index (χ1n) is 4.16. The zero-order valence-corrected chi connectivity index (χ0v) is 9.01. The Morgan fingerprint density at radius 2 is 1.58 bits per heavy atom. The SMILES string of the molecule is CN(C)C(=O)CN(C)C(C)(C)C. The van der Waals surface area contributed by atoms with Crippen LogP contribution >= 0.6 is 0 Å². The summed E-state index contributed by atoms with van der Waals surface area (Å²) in [7, 11) is 5.51. The van der Waals surface area contributed by atoms with Crippen LogP contribution in [0.2, 0.25) is 0 Å². The number of nitrogens with zero attached hydrogens (tertiary/aromatic N) is 2. The molecule has 12 heavy (non-hydrogen) atoms. The Kier molecular flexibility index (Phi) is 3.71. The molecular weight excluding hydrogens is 152 g/mol. The lowest BCUT2D eigenvalue weighted by atomic mass is 10.1. The summed E-state index contributed by atoms with van der Waals surface area (Å²) in [5.41, 5.74) is 0.0612. The van der Waals surface area contributed by atoms with Crippen molar-refractivity contribution in [2.45, 2.75) is 26.3 Å². The van der Waals surface area contributed by atoms with Gasteiger partial charge in [-0.15, -0.1) is 0 Å². The predicted molar refractivity (Wildman–Crippen MR) is 51.1 cm³/mol. The summed E-state index contributed by atoms with van der Waals surface area (Å²) < 4.78 is 0. The Labute approximate surface area is 75.3 Å². The summed E-state index contributed by atoms with van der Waals surface area (Å²) in [6.45, 7) is 6.76. The average molecular weight is 172 g/mol. The lowest BCUT2D eigenvalue weighted by Gasteiger charge is -2.31. The average Bonchev–Trinajstić information content (AvgIpc) is 1.85. The van der Waals surface area contributed by atoms with Crippen LogP contribution < -0.4 is 0 Å². The Balaban J connectivity index is 4.02. The molecule has 0 bridgehead atoms. The summed E-state index contributed by atoms with van der Waals surface area (Å²) in [5.74, 6) is 0.146. The molecule has 0 aliphatic heterocycles. The third-order valence-corrected chi connectivity index (χ3v) is 2.02. The van der Waals surface area contributed by atoms with Gasteiger partial charge in [0, 0.05) is 19.6 Å². The molecular formula is C9H20N2O. The first kappa shape index (κ1) is 11.4. The largest absolute Gasteiger partial charge is 0.348 e. The molecule has 0 aromatic heterocycles. The maximum atomic E-state index is 11.3. The minimum absolute atomic E-state index is 0.0612. The van der Waals surface area contributed by atoms with Gasteiger partial charge in [-0.05, 0) is 27.8 Å². The number of carbonyl (C=O) groups is 1. The molecule has 1 amide bonds. The third-order valence-electron chi connectivity index (χ3n) is 2.02. The second kappa shape index (κ2) is 3.90. The molecule has 0 saturated carbocycles. The summed E-state index contributed by atoms with van der Waals surface area (Å²) in [6, 6.07) is 0. The van der Waals surface area contributed by atoms with Crippen molar-refractivity contribution >= 4 is 5.91 Å². The van der Waals surface area contributed by atoms with Crippen LogP contribution in [0.1, 0.15) is 20.8 Å². The standard InChI is InChI=1S/C9H20N2O/c1-9(2,3)11(6)7-8(12)10(4)5/h7H2,1-6H3. The van der Waals surface area contributed by atoms with Crippen molar-refractivity contribution in [3.8, 4) is 0 Å². The van der Waals surface area contributed by atoms with E-state index >= 15 is 0 Å². The molecule has 0 unspecified atom stereocenters. The van der Waals surface area contributed by atoms with Gasteiger partial charge in [-0.1, -0.05) is 0 Å². The van der Waals surface area contributed by atoms with Gasteiger partial charge in [0.1, 0.15) is 0 Å². The molecule has 0 saturated heterocycles. The van der Waals surface area contributed by atoms with E-state index in [1.165, 1.54) is 0 Å². The minimum atomic E-state index is 0.0612. The summed E-state index contributed by atoms with van der Waals surface area (Å²) in [6.07, 6.45) is 0. The van der Waals surface area contributed by atoms with Crippen LogP contribution in [0, 0.1) is 0 Å². The first-order valence-corrected chi connectivity index (χ1v) is 4.16. The summed E-state index contributed by atoms with van der Waals surface area (Å²) in [4.78, 5) is 14.9. The highest BCUT2D eigenvalue weighted by Gasteiger charge is 2.19. The van der Waals surface area contributed by atoms with E-state index in [4.69, 9.17) is 0 Å². The Bertz CT molecular complexity index is 158. The van der Waals surface area contributed by atoms with Crippen molar-refractivity contribution in [2.24, 2.45) is 0 Å². The van der Waals surface area contributed by atoms with E-state index in [2.05, 4.69) is 20.8 Å². The maximum Gasteiger partial charge on any atom is 0.236 e. The van der Waals surface area contributed by atoms with E-state index in [1.54, 1.807) is 19.0 Å². The Morgan fingerprint density at radius 1 is 1.17 bits per heavy atom. The number of hydrogen-bond acceptors (Lipinski definition) is 2. The van der Waals surface area contributed by atoms with E-state index in [0.717, 1.165) is 0 Å². The van der Waals surface area contributed by atoms with E-state index < -0.39 is 0 Å². The predicted octanol–water partition coefficient (Wildman–Crippen LogP) is 0.805. The first-order chi connectivity index (χ1) is 5.25. The quantitative estimate of drug-likeness (QED) is 0.615. The number of hydrogen-bond donors (Lipinski definition) is 0. The molecule has 3 heteroatoms. The zero-order chi connectivity index (χ0) is 9.94. The van der Waals surface area contributed by atoms with Gasteiger partial charge in [-0.25, -0.2) is 0 Å². The van der Waals surface area contributed by atoms with Gasteiger partial charge in [0.05, 0.1) is 6.54 Å². The monoisotopic (exact) mass is 172 g/mol.